The summed E-state index contributed by atoms with van der Waals surface area (Å²) in [6.07, 6.45) is 13.1. The molecule has 0 N–H and O–H groups in total. The zero-order valence-corrected chi connectivity index (χ0v) is 13.1. The molecule has 0 aromatic heterocycles. The van der Waals surface area contributed by atoms with Crippen molar-refractivity contribution in [2.45, 2.75) is 78.1 Å². The van der Waals surface area contributed by atoms with E-state index in [-0.39, 0.29) is 12.6 Å². The second kappa shape index (κ2) is 14.1. The van der Waals surface area contributed by atoms with Crippen LogP contribution in [0.4, 0.5) is 0 Å². The van der Waals surface area contributed by atoms with Crippen LogP contribution < -0.4 is 0 Å². The summed E-state index contributed by atoms with van der Waals surface area (Å²) < 4.78 is 5.07. The minimum Gasteiger partial charge on any atom is -0.461 e. The molecular weight excluding hydrogens is 250 g/mol. The highest BCUT2D eigenvalue weighted by atomic mass is 16.5. The molecule has 0 unspecified atom stereocenters. The lowest BCUT2D eigenvalue weighted by Gasteiger charge is -2.04. The van der Waals surface area contributed by atoms with Crippen LogP contribution in [0.5, 0.6) is 0 Å². The Morgan fingerprint density at radius 2 is 1.60 bits per heavy atom. The van der Waals surface area contributed by atoms with E-state index in [4.69, 9.17) is 10.00 Å². The molecular formula is C17H29NO2. The number of esters is 1. The van der Waals surface area contributed by atoms with E-state index >= 15 is 0 Å². The first-order chi connectivity index (χ1) is 9.70. The third-order valence-electron chi connectivity index (χ3n) is 3.26. The van der Waals surface area contributed by atoms with E-state index in [2.05, 4.69) is 6.92 Å². The molecule has 0 radical (unpaired) electrons. The zero-order valence-electron chi connectivity index (χ0n) is 13.1. The Kier molecular flexibility index (Phi) is 13.2. The minimum atomic E-state index is -0.154. The molecule has 0 fully saturated rings. The number of allylic oxidation sites excluding steroid dienone is 1. The van der Waals surface area contributed by atoms with Gasteiger partial charge in [-0.1, -0.05) is 58.3 Å². The van der Waals surface area contributed by atoms with Crippen molar-refractivity contribution in [2.75, 3.05) is 6.61 Å². The number of nitrogens with zero attached hydrogens (tertiary/aromatic N) is 1. The van der Waals surface area contributed by atoms with E-state index in [1.165, 1.54) is 51.0 Å². The molecule has 0 spiro atoms. The van der Waals surface area contributed by atoms with Crippen molar-refractivity contribution in [3.63, 3.8) is 0 Å². The molecule has 0 aliphatic rings. The lowest BCUT2D eigenvalue weighted by Crippen LogP contribution is -2.06. The van der Waals surface area contributed by atoms with Crippen molar-refractivity contribution in [2.24, 2.45) is 0 Å². The average Bonchev–Trinajstić information content (AvgIpc) is 2.43. The highest BCUT2D eigenvalue weighted by Gasteiger charge is 2.02. The average molecular weight is 279 g/mol. The predicted molar refractivity (Wildman–Crippen MR) is 82.2 cm³/mol. The van der Waals surface area contributed by atoms with Gasteiger partial charge in [0.1, 0.15) is 6.61 Å². The quantitative estimate of drug-likeness (QED) is 0.289. The lowest BCUT2D eigenvalue weighted by atomic mass is 10.1. The maximum absolute atomic E-state index is 11.4. The third-order valence-corrected chi connectivity index (χ3v) is 3.26. The monoisotopic (exact) mass is 279 g/mol. The number of hydrogen-bond acceptors (Lipinski definition) is 3. The Balaban J connectivity index is 3.32. The molecule has 0 bridgehead atoms. The zero-order chi connectivity index (χ0) is 15.1. The number of carbonyl (C=O) groups is 1. The lowest BCUT2D eigenvalue weighted by molar-refractivity contribution is -0.142. The summed E-state index contributed by atoms with van der Waals surface area (Å²) in [4.78, 5) is 11.4. The Morgan fingerprint density at radius 1 is 1.05 bits per heavy atom. The van der Waals surface area contributed by atoms with Gasteiger partial charge in [0, 0.05) is 12.5 Å². The summed E-state index contributed by atoms with van der Waals surface area (Å²) in [5.41, 5.74) is 0.785. The molecule has 114 valence electrons. The summed E-state index contributed by atoms with van der Waals surface area (Å²) in [5.74, 6) is -0.154. The Labute approximate surface area is 124 Å². The fourth-order valence-corrected chi connectivity index (χ4v) is 2.00. The number of carbonyl (C=O) groups excluding carboxylic acids is 1. The molecule has 20 heavy (non-hydrogen) atoms. The van der Waals surface area contributed by atoms with Gasteiger partial charge in [0.15, 0.2) is 0 Å². The predicted octanol–water partition coefficient (Wildman–Crippen LogP) is 4.92. The summed E-state index contributed by atoms with van der Waals surface area (Å²) in [6, 6.07) is 1.92. The van der Waals surface area contributed by atoms with Crippen molar-refractivity contribution >= 4 is 5.97 Å². The summed E-state index contributed by atoms with van der Waals surface area (Å²) >= 11 is 0. The molecule has 0 saturated heterocycles. The molecule has 0 aliphatic heterocycles. The fourth-order valence-electron chi connectivity index (χ4n) is 2.00. The van der Waals surface area contributed by atoms with Gasteiger partial charge in [0.2, 0.25) is 0 Å². The molecule has 0 aliphatic carbocycles. The third kappa shape index (κ3) is 13.1. The van der Waals surface area contributed by atoms with Gasteiger partial charge < -0.3 is 4.74 Å². The molecule has 0 aromatic carbocycles. The molecule has 0 amide bonds. The van der Waals surface area contributed by atoms with Crippen LogP contribution >= 0.6 is 0 Å². The van der Waals surface area contributed by atoms with Gasteiger partial charge >= 0.3 is 5.97 Å². The largest absolute Gasteiger partial charge is 0.461 e. The molecule has 3 heteroatoms. The van der Waals surface area contributed by atoms with E-state index in [1.54, 1.807) is 6.92 Å². The van der Waals surface area contributed by atoms with Crippen molar-refractivity contribution in [1.29, 1.82) is 5.26 Å². The van der Waals surface area contributed by atoms with Gasteiger partial charge in [0.05, 0.1) is 6.07 Å². The van der Waals surface area contributed by atoms with Crippen molar-refractivity contribution in [3.05, 3.63) is 11.6 Å². The van der Waals surface area contributed by atoms with Crippen LogP contribution in [-0.4, -0.2) is 12.6 Å². The normalized spacial score (nSPS) is 11.2. The van der Waals surface area contributed by atoms with Crippen molar-refractivity contribution in [1.82, 2.24) is 0 Å². The van der Waals surface area contributed by atoms with E-state index in [0.717, 1.165) is 18.4 Å². The van der Waals surface area contributed by atoms with Gasteiger partial charge in [-0.25, -0.2) is 0 Å². The standard InChI is InChI=1S/C17H29NO2/c1-3-4-5-6-7-8-9-10-11-12-17(19)20-15-16(2)13-14-18/h13H,3-12,15H2,1-2H3. The van der Waals surface area contributed by atoms with Crippen LogP contribution in [0.1, 0.15) is 78.1 Å². The molecule has 0 aromatic rings. The molecule has 3 nitrogen and oxygen atoms in total. The Morgan fingerprint density at radius 3 is 2.15 bits per heavy atom. The first-order valence-corrected chi connectivity index (χ1v) is 7.91. The van der Waals surface area contributed by atoms with Gasteiger partial charge in [-0.2, -0.15) is 5.26 Å². The topological polar surface area (TPSA) is 50.1 Å². The number of rotatable bonds is 12. The molecule has 0 saturated carbocycles. The minimum absolute atomic E-state index is 0.154. The van der Waals surface area contributed by atoms with Crippen LogP contribution in [-0.2, 0) is 9.53 Å². The highest BCUT2D eigenvalue weighted by Crippen LogP contribution is 2.10. The summed E-state index contributed by atoms with van der Waals surface area (Å²) in [6.45, 7) is 4.26. The van der Waals surface area contributed by atoms with Crippen molar-refractivity contribution < 1.29 is 9.53 Å². The number of nitriles is 1. The van der Waals surface area contributed by atoms with Gasteiger partial charge in [-0.15, -0.1) is 0 Å². The number of ether oxygens (including phenoxy) is 1. The summed E-state index contributed by atoms with van der Waals surface area (Å²) in [7, 11) is 0. The Bertz CT molecular complexity index is 315. The van der Waals surface area contributed by atoms with Gasteiger partial charge in [-0.05, 0) is 18.9 Å². The van der Waals surface area contributed by atoms with Crippen LogP contribution in [0.25, 0.3) is 0 Å². The second-order valence-corrected chi connectivity index (χ2v) is 5.36. The molecule has 0 atom stereocenters. The van der Waals surface area contributed by atoms with Crippen LogP contribution in [0, 0.1) is 11.3 Å². The fraction of sp³-hybridized carbons (Fsp3) is 0.765. The molecule has 0 rings (SSSR count). The van der Waals surface area contributed by atoms with Gasteiger partial charge in [-0.3, -0.25) is 4.79 Å². The summed E-state index contributed by atoms with van der Waals surface area (Å²) in [5, 5.41) is 8.43. The second-order valence-electron chi connectivity index (χ2n) is 5.36. The van der Waals surface area contributed by atoms with Crippen molar-refractivity contribution in [3.8, 4) is 6.07 Å². The van der Waals surface area contributed by atoms with E-state index < -0.39 is 0 Å². The van der Waals surface area contributed by atoms with Crippen LogP contribution in [0.2, 0.25) is 0 Å². The maximum Gasteiger partial charge on any atom is 0.306 e. The first-order valence-electron chi connectivity index (χ1n) is 7.91. The Hall–Kier alpha value is -1.30. The molecule has 0 heterocycles. The van der Waals surface area contributed by atoms with Crippen LogP contribution in [0.3, 0.4) is 0 Å². The number of hydrogen-bond donors (Lipinski definition) is 0. The SMILES string of the molecule is CCCCCCCCCCCC(=O)OCC(C)=CC#N. The van der Waals surface area contributed by atoms with E-state index in [0.29, 0.717) is 6.42 Å². The van der Waals surface area contributed by atoms with E-state index in [9.17, 15) is 4.79 Å². The number of unbranched alkanes of at least 4 members (excludes halogenated alkanes) is 8. The smallest absolute Gasteiger partial charge is 0.306 e. The maximum atomic E-state index is 11.4. The van der Waals surface area contributed by atoms with Gasteiger partial charge in [0.25, 0.3) is 0 Å². The highest BCUT2D eigenvalue weighted by molar-refractivity contribution is 5.69. The first kappa shape index (κ1) is 18.7. The van der Waals surface area contributed by atoms with E-state index in [1.807, 2.05) is 6.07 Å². The van der Waals surface area contributed by atoms with Crippen LogP contribution in [0.15, 0.2) is 11.6 Å².